The highest BCUT2D eigenvalue weighted by Crippen LogP contribution is 2.30. The first-order valence-electron chi connectivity index (χ1n) is 3.56. The van der Waals surface area contributed by atoms with E-state index in [9.17, 15) is 0 Å². The second-order valence-corrected chi connectivity index (χ2v) is 3.64. The van der Waals surface area contributed by atoms with Crippen LogP contribution in [0.5, 0.6) is 0 Å². The predicted octanol–water partition coefficient (Wildman–Crippen LogP) is 1.04. The number of nitrogens with two attached hydrogens (primary N) is 2. The number of nitrogen functional groups attached to an aromatic ring is 2. The fourth-order valence-corrected chi connectivity index (χ4v) is 2.14. The molecule has 2 aromatic rings. The molecule has 0 saturated carbocycles. The minimum atomic E-state index is 0.707. The molecule has 0 radical (unpaired) electrons. The Morgan fingerprint density at radius 2 is 2.17 bits per heavy atom. The Labute approximate surface area is 73.7 Å². The van der Waals surface area contributed by atoms with Crippen LogP contribution in [0.4, 0.5) is 10.8 Å². The van der Waals surface area contributed by atoms with Gasteiger partial charge in [-0.25, -0.2) is 4.68 Å². The largest absolute Gasteiger partial charge is 0.391 e. The SMILES string of the molecule is CNn1c(N)cc2sc(N)cc21. The van der Waals surface area contributed by atoms with Gasteiger partial charge in [-0.15, -0.1) is 11.3 Å². The van der Waals surface area contributed by atoms with Crippen LogP contribution in [0.15, 0.2) is 12.1 Å². The van der Waals surface area contributed by atoms with E-state index in [-0.39, 0.29) is 0 Å². The number of aromatic nitrogens is 1. The van der Waals surface area contributed by atoms with Crippen LogP contribution in [0, 0.1) is 0 Å². The minimum absolute atomic E-state index is 0.707. The van der Waals surface area contributed by atoms with E-state index in [4.69, 9.17) is 11.5 Å². The number of rotatable bonds is 1. The predicted molar refractivity (Wildman–Crippen MR) is 53.9 cm³/mol. The maximum atomic E-state index is 5.72. The topological polar surface area (TPSA) is 69.0 Å². The molecule has 0 fully saturated rings. The third kappa shape index (κ3) is 0.831. The fourth-order valence-electron chi connectivity index (χ4n) is 1.28. The van der Waals surface area contributed by atoms with Gasteiger partial charge in [-0.05, 0) is 12.1 Å². The Morgan fingerprint density at radius 1 is 1.42 bits per heavy atom. The molecule has 0 aliphatic rings. The summed E-state index contributed by atoms with van der Waals surface area (Å²) in [7, 11) is 1.82. The summed E-state index contributed by atoms with van der Waals surface area (Å²) in [6.45, 7) is 0. The number of thiophene rings is 1. The highest BCUT2D eigenvalue weighted by atomic mass is 32.1. The monoisotopic (exact) mass is 182 g/mol. The molecule has 0 bridgehead atoms. The molecule has 0 aliphatic heterocycles. The molecule has 0 aromatic carbocycles. The van der Waals surface area contributed by atoms with Crippen molar-refractivity contribution in [3.05, 3.63) is 12.1 Å². The van der Waals surface area contributed by atoms with Crippen molar-refractivity contribution in [3.63, 3.8) is 0 Å². The molecule has 0 aliphatic carbocycles. The first-order valence-corrected chi connectivity index (χ1v) is 4.38. The van der Waals surface area contributed by atoms with Gasteiger partial charge in [0.05, 0.1) is 15.2 Å². The van der Waals surface area contributed by atoms with E-state index in [2.05, 4.69) is 5.43 Å². The highest BCUT2D eigenvalue weighted by molar-refractivity contribution is 7.22. The molecule has 0 spiro atoms. The lowest BCUT2D eigenvalue weighted by Crippen LogP contribution is -2.10. The molecular formula is C7H10N4S. The fraction of sp³-hybridized carbons (Fsp3) is 0.143. The van der Waals surface area contributed by atoms with Gasteiger partial charge in [0, 0.05) is 7.05 Å². The molecule has 5 N–H and O–H groups in total. The lowest BCUT2D eigenvalue weighted by Gasteiger charge is -2.03. The summed E-state index contributed by atoms with van der Waals surface area (Å²) in [5.74, 6) is 0.707. The third-order valence-corrected chi connectivity index (χ3v) is 2.66. The van der Waals surface area contributed by atoms with Crippen LogP contribution in [0.25, 0.3) is 10.2 Å². The van der Waals surface area contributed by atoms with Crippen molar-refractivity contribution in [2.45, 2.75) is 0 Å². The van der Waals surface area contributed by atoms with Gasteiger partial charge in [0.1, 0.15) is 5.82 Å². The van der Waals surface area contributed by atoms with Gasteiger partial charge < -0.3 is 16.9 Å². The highest BCUT2D eigenvalue weighted by Gasteiger charge is 2.07. The van der Waals surface area contributed by atoms with Crippen LogP contribution in [0.2, 0.25) is 0 Å². The second-order valence-electron chi connectivity index (χ2n) is 2.53. The number of nitrogens with zero attached hydrogens (tertiary/aromatic N) is 1. The van der Waals surface area contributed by atoms with Gasteiger partial charge in [-0.3, -0.25) is 0 Å². The standard InChI is InChI=1S/C7H10N4S/c1-10-11-4-2-7(9)12-5(4)3-6(11)8/h2-3,10H,8-9H2,1H3. The third-order valence-electron chi connectivity index (χ3n) is 1.76. The van der Waals surface area contributed by atoms with Gasteiger partial charge in [0.2, 0.25) is 0 Å². The molecule has 0 saturated heterocycles. The summed E-state index contributed by atoms with van der Waals surface area (Å²) in [6, 6.07) is 3.82. The zero-order chi connectivity index (χ0) is 8.72. The Hall–Kier alpha value is -1.36. The van der Waals surface area contributed by atoms with Gasteiger partial charge in [-0.1, -0.05) is 0 Å². The Bertz CT molecular complexity index is 414. The average molecular weight is 182 g/mol. The summed E-state index contributed by atoms with van der Waals surface area (Å²) in [6.07, 6.45) is 0. The van der Waals surface area contributed by atoms with E-state index in [1.165, 1.54) is 11.3 Å². The Kier molecular flexibility index (Phi) is 1.41. The summed E-state index contributed by atoms with van der Waals surface area (Å²) >= 11 is 1.54. The first kappa shape index (κ1) is 7.30. The van der Waals surface area contributed by atoms with Gasteiger partial charge in [0.25, 0.3) is 0 Å². The van der Waals surface area contributed by atoms with E-state index in [0.29, 0.717) is 5.82 Å². The van der Waals surface area contributed by atoms with Crippen molar-refractivity contribution in [1.82, 2.24) is 4.68 Å². The summed E-state index contributed by atoms with van der Waals surface area (Å²) < 4.78 is 2.92. The number of anilines is 2. The van der Waals surface area contributed by atoms with Crippen LogP contribution >= 0.6 is 11.3 Å². The van der Waals surface area contributed by atoms with Crippen molar-refractivity contribution in [1.29, 1.82) is 0 Å². The molecule has 4 nitrogen and oxygen atoms in total. The summed E-state index contributed by atoms with van der Waals surface area (Å²) in [5.41, 5.74) is 15.4. The van der Waals surface area contributed by atoms with E-state index in [0.717, 1.165) is 15.2 Å². The van der Waals surface area contributed by atoms with Crippen molar-refractivity contribution in [3.8, 4) is 0 Å². The summed E-state index contributed by atoms with van der Waals surface area (Å²) in [4.78, 5) is 0. The first-order chi connectivity index (χ1) is 5.72. The van der Waals surface area contributed by atoms with Gasteiger partial charge in [-0.2, -0.15) is 0 Å². The van der Waals surface area contributed by atoms with Crippen LogP contribution < -0.4 is 16.9 Å². The lowest BCUT2D eigenvalue weighted by molar-refractivity contribution is 0.990. The average Bonchev–Trinajstić information content (AvgIpc) is 2.43. The maximum absolute atomic E-state index is 5.72. The second kappa shape index (κ2) is 2.31. The zero-order valence-corrected chi connectivity index (χ0v) is 7.48. The van der Waals surface area contributed by atoms with Gasteiger partial charge >= 0.3 is 0 Å². The summed E-state index contributed by atoms with van der Waals surface area (Å²) in [5, 5.41) is 0.809. The van der Waals surface area contributed by atoms with Crippen LogP contribution in [-0.2, 0) is 0 Å². The molecule has 64 valence electrons. The smallest absolute Gasteiger partial charge is 0.124 e. The number of hydrogen-bond acceptors (Lipinski definition) is 4. The molecular weight excluding hydrogens is 172 g/mol. The Balaban J connectivity index is 2.78. The van der Waals surface area contributed by atoms with E-state index < -0.39 is 0 Å². The molecule has 0 atom stereocenters. The number of fused-ring (bicyclic) bond motifs is 1. The molecule has 12 heavy (non-hydrogen) atoms. The number of nitrogens with one attached hydrogen (secondary N) is 1. The van der Waals surface area contributed by atoms with Crippen LogP contribution in [0.1, 0.15) is 0 Å². The van der Waals surface area contributed by atoms with Crippen LogP contribution in [-0.4, -0.2) is 11.7 Å². The van der Waals surface area contributed by atoms with Crippen molar-refractivity contribution >= 4 is 32.4 Å². The van der Waals surface area contributed by atoms with Crippen molar-refractivity contribution in [2.24, 2.45) is 0 Å². The van der Waals surface area contributed by atoms with Crippen molar-refractivity contribution in [2.75, 3.05) is 23.9 Å². The molecule has 2 heterocycles. The zero-order valence-electron chi connectivity index (χ0n) is 6.66. The van der Waals surface area contributed by atoms with Crippen molar-refractivity contribution < 1.29 is 0 Å². The van der Waals surface area contributed by atoms with E-state index in [1.54, 1.807) is 0 Å². The molecule has 0 amide bonds. The Morgan fingerprint density at radius 3 is 2.83 bits per heavy atom. The lowest BCUT2D eigenvalue weighted by atomic mass is 10.5. The molecule has 2 rings (SSSR count). The molecule has 2 aromatic heterocycles. The minimum Gasteiger partial charge on any atom is -0.391 e. The van der Waals surface area contributed by atoms with E-state index >= 15 is 0 Å². The number of hydrogen-bond donors (Lipinski definition) is 3. The van der Waals surface area contributed by atoms with Gasteiger partial charge in [0.15, 0.2) is 0 Å². The molecule has 0 unspecified atom stereocenters. The maximum Gasteiger partial charge on any atom is 0.124 e. The quantitative estimate of drug-likeness (QED) is 0.617. The van der Waals surface area contributed by atoms with E-state index in [1.807, 2.05) is 23.9 Å². The molecule has 5 heteroatoms. The van der Waals surface area contributed by atoms with Crippen LogP contribution in [0.3, 0.4) is 0 Å². The normalized spacial score (nSPS) is 10.8.